The third-order valence-corrected chi connectivity index (χ3v) is 7.25. The van der Waals surface area contributed by atoms with Crippen LogP contribution >= 0.6 is 11.6 Å². The van der Waals surface area contributed by atoms with Crippen LogP contribution < -0.4 is 4.72 Å². The highest BCUT2D eigenvalue weighted by Crippen LogP contribution is 2.29. The largest absolute Gasteiger partial charge is 0.378 e. The van der Waals surface area contributed by atoms with Crippen molar-refractivity contribution < 1.29 is 22.3 Å². The minimum absolute atomic E-state index is 0.0497. The number of rotatable bonds is 5. The van der Waals surface area contributed by atoms with Gasteiger partial charge in [-0.25, -0.2) is 22.8 Å². The first-order chi connectivity index (χ1) is 16.8. The Bertz CT molecular complexity index is 1520. The van der Waals surface area contributed by atoms with Gasteiger partial charge in [0.2, 0.25) is 0 Å². The van der Waals surface area contributed by atoms with E-state index in [0.29, 0.717) is 48.8 Å². The molecule has 12 heteroatoms. The summed E-state index contributed by atoms with van der Waals surface area (Å²) in [7, 11) is -4.02. The van der Waals surface area contributed by atoms with Gasteiger partial charge in [-0.3, -0.25) is 13.9 Å². The summed E-state index contributed by atoms with van der Waals surface area (Å²) in [5, 5.41) is -0.0497. The first kappa shape index (κ1) is 23.2. The van der Waals surface area contributed by atoms with Crippen molar-refractivity contribution in [1.82, 2.24) is 19.3 Å². The summed E-state index contributed by atoms with van der Waals surface area (Å²) in [6, 6.07) is 9.50. The maximum Gasteiger partial charge on any atom is 0.272 e. The second-order valence-electron chi connectivity index (χ2n) is 7.82. The number of hydrogen-bond acceptors (Lipinski definition) is 6. The lowest BCUT2D eigenvalue weighted by molar-refractivity contribution is 0.0298. The highest BCUT2D eigenvalue weighted by Gasteiger charge is 2.22. The van der Waals surface area contributed by atoms with Gasteiger partial charge in [-0.05, 0) is 42.5 Å². The predicted octanol–water partition coefficient (Wildman–Crippen LogP) is 3.46. The second-order valence-corrected chi connectivity index (χ2v) is 9.86. The maximum absolute atomic E-state index is 13.2. The molecular weight excluding hydrogens is 497 g/mol. The van der Waals surface area contributed by atoms with E-state index in [9.17, 15) is 17.6 Å². The van der Waals surface area contributed by atoms with Crippen molar-refractivity contribution in [3.63, 3.8) is 0 Å². The van der Waals surface area contributed by atoms with E-state index in [1.807, 2.05) is 0 Å². The smallest absolute Gasteiger partial charge is 0.272 e. The Hall–Kier alpha value is -3.54. The van der Waals surface area contributed by atoms with Crippen LogP contribution in [0.5, 0.6) is 0 Å². The molecule has 1 saturated heterocycles. The minimum Gasteiger partial charge on any atom is -0.378 e. The average molecular weight is 516 g/mol. The number of nitrogens with one attached hydrogen (secondary N) is 1. The van der Waals surface area contributed by atoms with Gasteiger partial charge in [0.05, 0.1) is 30.0 Å². The zero-order valence-electron chi connectivity index (χ0n) is 18.2. The fourth-order valence-corrected chi connectivity index (χ4v) is 5.00. The summed E-state index contributed by atoms with van der Waals surface area (Å²) in [6.45, 7) is 1.98. The summed E-state index contributed by atoms with van der Waals surface area (Å²) < 4.78 is 48.1. The number of fused-ring (bicyclic) bond motifs is 1. The van der Waals surface area contributed by atoms with Gasteiger partial charge in [0.25, 0.3) is 15.9 Å². The maximum atomic E-state index is 13.2. The van der Waals surface area contributed by atoms with E-state index in [2.05, 4.69) is 14.7 Å². The normalized spacial score (nSPS) is 14.3. The minimum atomic E-state index is -4.02. The van der Waals surface area contributed by atoms with Crippen LogP contribution in [0.25, 0.3) is 16.8 Å². The van der Waals surface area contributed by atoms with E-state index in [4.69, 9.17) is 16.3 Å². The molecule has 0 aliphatic carbocycles. The number of carbonyl (C=O) groups is 1. The molecule has 35 heavy (non-hydrogen) atoms. The van der Waals surface area contributed by atoms with Crippen LogP contribution in [0.3, 0.4) is 0 Å². The van der Waals surface area contributed by atoms with Gasteiger partial charge in [-0.2, -0.15) is 0 Å². The van der Waals surface area contributed by atoms with Crippen molar-refractivity contribution in [2.45, 2.75) is 4.90 Å². The number of anilines is 1. The third-order valence-electron chi connectivity index (χ3n) is 5.56. The van der Waals surface area contributed by atoms with Crippen LogP contribution in [0, 0.1) is 5.82 Å². The van der Waals surface area contributed by atoms with Crippen molar-refractivity contribution in [2.75, 3.05) is 31.0 Å². The molecular formula is C23H19ClFN5O4S. The number of nitrogens with zero attached hydrogens (tertiary/aromatic N) is 4. The Labute approximate surface area is 205 Å². The molecule has 3 aromatic heterocycles. The molecule has 1 aliphatic rings. The standard InChI is InChI=1S/C23H19ClFN5O4S/c24-22-19(28-35(32,33)18-4-2-17(25)3-5-18)11-16(12-27-22)15-1-6-21-26-13-20(30(21)14-15)23(31)29-7-9-34-10-8-29/h1-6,11-14,28H,7-10H2. The zero-order valence-corrected chi connectivity index (χ0v) is 19.8. The predicted molar refractivity (Wildman–Crippen MR) is 127 cm³/mol. The number of morpholine rings is 1. The summed E-state index contributed by atoms with van der Waals surface area (Å²) in [6.07, 6.45) is 4.76. The highest BCUT2D eigenvalue weighted by atomic mass is 35.5. The molecule has 5 rings (SSSR count). The van der Waals surface area contributed by atoms with Gasteiger partial charge in [0.1, 0.15) is 17.2 Å². The molecule has 0 atom stereocenters. The van der Waals surface area contributed by atoms with Crippen molar-refractivity contribution in [3.05, 3.63) is 77.7 Å². The first-order valence-corrected chi connectivity index (χ1v) is 12.5. The van der Waals surface area contributed by atoms with Gasteiger partial charge < -0.3 is 9.64 Å². The van der Waals surface area contributed by atoms with E-state index in [-0.39, 0.29) is 21.6 Å². The van der Waals surface area contributed by atoms with Crippen LogP contribution in [0.1, 0.15) is 10.5 Å². The number of imidazole rings is 1. The van der Waals surface area contributed by atoms with Gasteiger partial charge in [0.15, 0.2) is 5.15 Å². The number of amides is 1. The average Bonchev–Trinajstić information content (AvgIpc) is 3.29. The number of carbonyl (C=O) groups excluding carboxylic acids is 1. The Morgan fingerprint density at radius 1 is 1.03 bits per heavy atom. The van der Waals surface area contributed by atoms with Crippen LogP contribution in [-0.2, 0) is 14.8 Å². The fourth-order valence-electron chi connectivity index (χ4n) is 3.73. The highest BCUT2D eigenvalue weighted by molar-refractivity contribution is 7.92. The first-order valence-electron chi connectivity index (χ1n) is 10.6. The number of aromatic nitrogens is 3. The molecule has 0 bridgehead atoms. The molecule has 0 radical (unpaired) electrons. The molecule has 0 saturated carbocycles. The summed E-state index contributed by atoms with van der Waals surface area (Å²) in [5.41, 5.74) is 2.28. The Morgan fingerprint density at radius 2 is 1.77 bits per heavy atom. The zero-order chi connectivity index (χ0) is 24.6. The number of halogens is 2. The van der Waals surface area contributed by atoms with E-state index in [1.165, 1.54) is 18.5 Å². The summed E-state index contributed by atoms with van der Waals surface area (Å²) in [4.78, 5) is 23.0. The molecule has 1 fully saturated rings. The lowest BCUT2D eigenvalue weighted by atomic mass is 10.1. The third kappa shape index (κ3) is 4.70. The van der Waals surface area contributed by atoms with Crippen molar-refractivity contribution >= 4 is 38.9 Å². The van der Waals surface area contributed by atoms with Gasteiger partial charge >= 0.3 is 0 Å². The Kier molecular flexibility index (Phi) is 6.13. The number of ether oxygens (including phenoxy) is 1. The lowest BCUT2D eigenvalue weighted by Crippen LogP contribution is -2.41. The topological polar surface area (TPSA) is 106 Å². The van der Waals surface area contributed by atoms with E-state index < -0.39 is 15.8 Å². The van der Waals surface area contributed by atoms with Crippen molar-refractivity contribution in [3.8, 4) is 11.1 Å². The Balaban J connectivity index is 1.47. The second kappa shape index (κ2) is 9.25. The van der Waals surface area contributed by atoms with E-state index >= 15 is 0 Å². The molecule has 4 heterocycles. The summed E-state index contributed by atoms with van der Waals surface area (Å²) in [5.74, 6) is -0.702. The molecule has 1 aromatic carbocycles. The summed E-state index contributed by atoms with van der Waals surface area (Å²) >= 11 is 6.16. The van der Waals surface area contributed by atoms with Gasteiger partial charge in [-0.1, -0.05) is 11.6 Å². The van der Waals surface area contributed by atoms with Gasteiger partial charge in [-0.15, -0.1) is 0 Å². The fraction of sp³-hybridized carbons (Fsp3) is 0.174. The van der Waals surface area contributed by atoms with E-state index in [0.717, 1.165) is 24.3 Å². The van der Waals surface area contributed by atoms with Gasteiger partial charge in [0, 0.05) is 36.6 Å². The molecule has 9 nitrogen and oxygen atoms in total. The lowest BCUT2D eigenvalue weighted by Gasteiger charge is -2.26. The number of sulfonamides is 1. The van der Waals surface area contributed by atoms with Crippen LogP contribution in [-0.4, -0.2) is 59.9 Å². The van der Waals surface area contributed by atoms with Crippen molar-refractivity contribution in [2.24, 2.45) is 0 Å². The van der Waals surface area contributed by atoms with Crippen molar-refractivity contribution in [1.29, 1.82) is 0 Å². The molecule has 1 N–H and O–H groups in total. The molecule has 180 valence electrons. The molecule has 1 amide bonds. The number of benzene rings is 1. The van der Waals surface area contributed by atoms with Crippen LogP contribution in [0.4, 0.5) is 10.1 Å². The van der Waals surface area contributed by atoms with Crippen LogP contribution in [0.15, 0.2) is 66.0 Å². The molecule has 0 unspecified atom stereocenters. The monoisotopic (exact) mass is 515 g/mol. The number of hydrogen-bond donors (Lipinski definition) is 1. The molecule has 0 spiro atoms. The van der Waals surface area contributed by atoms with E-state index in [1.54, 1.807) is 27.6 Å². The molecule has 1 aliphatic heterocycles. The quantitative estimate of drug-likeness (QED) is 0.408. The SMILES string of the molecule is O=C(c1cnc2ccc(-c3cnc(Cl)c(NS(=O)(=O)c4ccc(F)cc4)c3)cn12)N1CCOCC1. The Morgan fingerprint density at radius 3 is 2.51 bits per heavy atom. The van der Waals surface area contributed by atoms with Crippen LogP contribution in [0.2, 0.25) is 5.15 Å². The number of pyridine rings is 2. The molecule has 4 aromatic rings.